The fourth-order valence-corrected chi connectivity index (χ4v) is 1.72. The van der Waals surface area contributed by atoms with E-state index in [-0.39, 0.29) is 5.60 Å². The zero-order valence-electron chi connectivity index (χ0n) is 7.93. The van der Waals surface area contributed by atoms with Gasteiger partial charge in [0.2, 0.25) is 0 Å². The SMILES string of the molecule is CCC(C)CC(C)(O)C1CC1. The van der Waals surface area contributed by atoms with Crippen LogP contribution in [0.5, 0.6) is 0 Å². The molecule has 0 amide bonds. The van der Waals surface area contributed by atoms with Crippen LogP contribution in [-0.4, -0.2) is 10.7 Å². The van der Waals surface area contributed by atoms with Crippen LogP contribution in [0.2, 0.25) is 0 Å². The Balaban J connectivity index is 2.32. The van der Waals surface area contributed by atoms with E-state index in [0.29, 0.717) is 11.8 Å². The smallest absolute Gasteiger partial charge is 0.0650 e. The molecule has 1 fully saturated rings. The van der Waals surface area contributed by atoms with Gasteiger partial charge in [-0.25, -0.2) is 0 Å². The molecule has 1 heteroatoms. The molecule has 11 heavy (non-hydrogen) atoms. The molecule has 0 aromatic carbocycles. The zero-order chi connectivity index (χ0) is 8.48. The number of rotatable bonds is 4. The second kappa shape index (κ2) is 3.14. The molecule has 1 saturated carbocycles. The van der Waals surface area contributed by atoms with E-state index >= 15 is 0 Å². The van der Waals surface area contributed by atoms with E-state index in [1.165, 1.54) is 19.3 Å². The van der Waals surface area contributed by atoms with Crippen LogP contribution in [-0.2, 0) is 0 Å². The van der Waals surface area contributed by atoms with Crippen LogP contribution in [0.1, 0.15) is 46.5 Å². The Kier molecular flexibility index (Phi) is 2.58. The van der Waals surface area contributed by atoms with Crippen LogP contribution in [0.4, 0.5) is 0 Å². The molecule has 1 nitrogen and oxygen atoms in total. The van der Waals surface area contributed by atoms with Crippen molar-refractivity contribution in [3.63, 3.8) is 0 Å². The number of hydrogen-bond acceptors (Lipinski definition) is 1. The molecule has 0 saturated heterocycles. The number of aliphatic hydroxyl groups is 1. The molecule has 1 rings (SSSR count). The average Bonchev–Trinajstić information content (AvgIpc) is 2.66. The first-order valence-electron chi connectivity index (χ1n) is 4.78. The van der Waals surface area contributed by atoms with Crippen molar-refractivity contribution in [3.05, 3.63) is 0 Å². The lowest BCUT2D eigenvalue weighted by atomic mass is 9.88. The van der Waals surface area contributed by atoms with Gasteiger partial charge in [-0.15, -0.1) is 0 Å². The van der Waals surface area contributed by atoms with Crippen molar-refractivity contribution in [2.75, 3.05) is 0 Å². The largest absolute Gasteiger partial charge is 0.390 e. The van der Waals surface area contributed by atoms with Gasteiger partial charge in [-0.1, -0.05) is 20.3 Å². The molecule has 0 spiro atoms. The van der Waals surface area contributed by atoms with Gasteiger partial charge in [-0.2, -0.15) is 0 Å². The topological polar surface area (TPSA) is 20.2 Å². The van der Waals surface area contributed by atoms with Crippen molar-refractivity contribution in [2.45, 2.75) is 52.1 Å². The normalized spacial score (nSPS) is 26.2. The summed E-state index contributed by atoms with van der Waals surface area (Å²) < 4.78 is 0. The summed E-state index contributed by atoms with van der Waals surface area (Å²) >= 11 is 0. The molecule has 66 valence electrons. The van der Waals surface area contributed by atoms with Crippen molar-refractivity contribution in [3.8, 4) is 0 Å². The highest BCUT2D eigenvalue weighted by Crippen LogP contribution is 2.42. The first kappa shape index (κ1) is 9.05. The van der Waals surface area contributed by atoms with Crippen LogP contribution in [0, 0.1) is 11.8 Å². The van der Waals surface area contributed by atoms with Gasteiger partial charge in [0.05, 0.1) is 5.60 Å². The maximum Gasteiger partial charge on any atom is 0.0650 e. The predicted molar refractivity (Wildman–Crippen MR) is 47.4 cm³/mol. The summed E-state index contributed by atoms with van der Waals surface area (Å²) in [5, 5.41) is 9.96. The van der Waals surface area contributed by atoms with Gasteiger partial charge in [-0.3, -0.25) is 0 Å². The monoisotopic (exact) mass is 156 g/mol. The van der Waals surface area contributed by atoms with Crippen LogP contribution >= 0.6 is 0 Å². The molecule has 0 aromatic rings. The quantitative estimate of drug-likeness (QED) is 0.663. The lowest BCUT2D eigenvalue weighted by molar-refractivity contribution is 0.0138. The Morgan fingerprint density at radius 3 is 2.45 bits per heavy atom. The maximum atomic E-state index is 9.96. The molecule has 0 bridgehead atoms. The molecule has 2 atom stereocenters. The average molecular weight is 156 g/mol. The van der Waals surface area contributed by atoms with Gasteiger partial charge in [0, 0.05) is 0 Å². The Bertz CT molecular complexity index is 125. The number of hydrogen-bond donors (Lipinski definition) is 1. The van der Waals surface area contributed by atoms with Gasteiger partial charge in [0.1, 0.15) is 0 Å². The molecule has 1 N–H and O–H groups in total. The highest BCUT2D eigenvalue weighted by molar-refractivity contribution is 4.91. The van der Waals surface area contributed by atoms with Crippen molar-refractivity contribution in [2.24, 2.45) is 11.8 Å². The highest BCUT2D eigenvalue weighted by atomic mass is 16.3. The summed E-state index contributed by atoms with van der Waals surface area (Å²) in [7, 11) is 0. The Hall–Kier alpha value is -0.0400. The molecule has 0 heterocycles. The van der Waals surface area contributed by atoms with Gasteiger partial charge in [-0.05, 0) is 38.0 Å². The third-order valence-corrected chi connectivity index (χ3v) is 2.92. The van der Waals surface area contributed by atoms with Crippen molar-refractivity contribution in [1.82, 2.24) is 0 Å². The minimum absolute atomic E-state index is 0.366. The fraction of sp³-hybridized carbons (Fsp3) is 1.00. The van der Waals surface area contributed by atoms with Crippen LogP contribution < -0.4 is 0 Å². The van der Waals surface area contributed by atoms with Crippen molar-refractivity contribution >= 4 is 0 Å². The lowest BCUT2D eigenvalue weighted by Gasteiger charge is -2.26. The molecule has 2 unspecified atom stereocenters. The highest BCUT2D eigenvalue weighted by Gasteiger charge is 2.40. The van der Waals surface area contributed by atoms with E-state index in [9.17, 15) is 5.11 Å². The first-order chi connectivity index (χ1) is 5.06. The van der Waals surface area contributed by atoms with E-state index in [1.807, 2.05) is 6.92 Å². The first-order valence-corrected chi connectivity index (χ1v) is 4.78. The van der Waals surface area contributed by atoms with E-state index in [0.717, 1.165) is 6.42 Å². The minimum atomic E-state index is -0.366. The predicted octanol–water partition coefficient (Wildman–Crippen LogP) is 2.58. The summed E-state index contributed by atoms with van der Waals surface area (Å²) in [5.41, 5.74) is -0.366. The van der Waals surface area contributed by atoms with E-state index in [2.05, 4.69) is 13.8 Å². The molecule has 1 aliphatic carbocycles. The standard InChI is InChI=1S/C10H20O/c1-4-8(2)7-10(3,11)9-5-6-9/h8-9,11H,4-7H2,1-3H3. The van der Waals surface area contributed by atoms with E-state index in [4.69, 9.17) is 0 Å². The van der Waals surface area contributed by atoms with E-state index in [1.54, 1.807) is 0 Å². The van der Waals surface area contributed by atoms with Crippen LogP contribution in [0.15, 0.2) is 0 Å². The summed E-state index contributed by atoms with van der Waals surface area (Å²) in [5.74, 6) is 1.28. The van der Waals surface area contributed by atoms with Gasteiger partial charge in [0.15, 0.2) is 0 Å². The Morgan fingerprint density at radius 2 is 2.09 bits per heavy atom. The second-order valence-corrected chi connectivity index (χ2v) is 4.35. The van der Waals surface area contributed by atoms with E-state index < -0.39 is 0 Å². The molecule has 0 aromatic heterocycles. The summed E-state index contributed by atoms with van der Waals surface area (Å²) in [6.07, 6.45) is 4.64. The summed E-state index contributed by atoms with van der Waals surface area (Å²) in [6, 6.07) is 0. The zero-order valence-corrected chi connectivity index (χ0v) is 7.93. The van der Waals surface area contributed by atoms with Gasteiger partial charge < -0.3 is 5.11 Å². The molecule has 0 aliphatic heterocycles. The van der Waals surface area contributed by atoms with Crippen LogP contribution in [0.3, 0.4) is 0 Å². The van der Waals surface area contributed by atoms with Crippen molar-refractivity contribution in [1.29, 1.82) is 0 Å². The Labute approximate surface area is 69.8 Å². The third-order valence-electron chi connectivity index (χ3n) is 2.92. The minimum Gasteiger partial charge on any atom is -0.390 e. The van der Waals surface area contributed by atoms with Crippen LogP contribution in [0.25, 0.3) is 0 Å². The Morgan fingerprint density at radius 1 is 1.55 bits per heavy atom. The van der Waals surface area contributed by atoms with Gasteiger partial charge >= 0.3 is 0 Å². The lowest BCUT2D eigenvalue weighted by Crippen LogP contribution is -2.29. The molecular weight excluding hydrogens is 136 g/mol. The van der Waals surface area contributed by atoms with Crippen molar-refractivity contribution < 1.29 is 5.11 Å². The van der Waals surface area contributed by atoms with Gasteiger partial charge in [0.25, 0.3) is 0 Å². The molecule has 0 radical (unpaired) electrons. The molecule has 1 aliphatic rings. The fourth-order valence-electron chi connectivity index (χ4n) is 1.72. The second-order valence-electron chi connectivity index (χ2n) is 4.35. The molecular formula is C10H20O. The third kappa shape index (κ3) is 2.48. The summed E-state index contributed by atoms with van der Waals surface area (Å²) in [6.45, 7) is 6.40. The maximum absolute atomic E-state index is 9.96. The summed E-state index contributed by atoms with van der Waals surface area (Å²) in [4.78, 5) is 0.